The lowest BCUT2D eigenvalue weighted by Gasteiger charge is -2.20. The average Bonchev–Trinajstić information content (AvgIpc) is 2.77. The van der Waals surface area contributed by atoms with Gasteiger partial charge in [0.15, 0.2) is 0 Å². The zero-order valence-electron chi connectivity index (χ0n) is 9.91. The summed E-state index contributed by atoms with van der Waals surface area (Å²) >= 11 is 3.31. The summed E-state index contributed by atoms with van der Waals surface area (Å²) in [6.07, 6.45) is 3.26. The fourth-order valence-electron chi connectivity index (χ4n) is 2.25. The van der Waals surface area contributed by atoms with E-state index >= 15 is 0 Å². The molecule has 0 spiro atoms. The Morgan fingerprint density at radius 3 is 2.94 bits per heavy atom. The molecule has 0 radical (unpaired) electrons. The highest BCUT2D eigenvalue weighted by molar-refractivity contribution is 9.10. The molecule has 0 saturated carbocycles. The lowest BCUT2D eigenvalue weighted by molar-refractivity contribution is -0.384. The van der Waals surface area contributed by atoms with Crippen LogP contribution in [0.5, 0.6) is 0 Å². The Morgan fingerprint density at radius 2 is 2.39 bits per heavy atom. The Morgan fingerprint density at radius 1 is 1.67 bits per heavy atom. The third-order valence-electron chi connectivity index (χ3n) is 3.27. The minimum absolute atomic E-state index is 0.00406. The first kappa shape index (κ1) is 13.2. The molecule has 1 aliphatic heterocycles. The van der Waals surface area contributed by atoms with Crippen LogP contribution in [0, 0.1) is 16.0 Å². The minimum Gasteiger partial charge on any atom is -0.393 e. The van der Waals surface area contributed by atoms with Gasteiger partial charge < -0.3 is 10.0 Å². The number of halogens is 1. The van der Waals surface area contributed by atoms with E-state index in [9.17, 15) is 15.2 Å². The summed E-state index contributed by atoms with van der Waals surface area (Å²) in [4.78, 5) is 16.3. The van der Waals surface area contributed by atoms with Crippen LogP contribution in [0.2, 0.25) is 0 Å². The molecule has 6 nitrogen and oxygen atoms in total. The molecule has 2 heterocycles. The maximum atomic E-state index is 11.0. The second-order valence-electron chi connectivity index (χ2n) is 4.48. The standard InChI is InChI=1S/C11H14BrN3O3/c1-7(16)8-2-3-14(6-8)11-9(12)4-13-5-10(11)15(17)18/h4-5,7-8,16H,2-3,6H2,1H3. The van der Waals surface area contributed by atoms with Gasteiger partial charge in [0, 0.05) is 25.2 Å². The SMILES string of the molecule is CC(O)C1CCN(c2c(Br)cncc2[N+](=O)[O-])C1. The van der Waals surface area contributed by atoms with Gasteiger partial charge in [-0.1, -0.05) is 0 Å². The third-order valence-corrected chi connectivity index (χ3v) is 3.85. The van der Waals surface area contributed by atoms with Crippen molar-refractivity contribution < 1.29 is 10.0 Å². The predicted octanol–water partition coefficient (Wildman–Crippen LogP) is 1.96. The van der Waals surface area contributed by atoms with E-state index in [0.29, 0.717) is 23.2 Å². The first-order valence-corrected chi connectivity index (χ1v) is 6.51. The van der Waals surface area contributed by atoms with Crippen molar-refractivity contribution in [2.75, 3.05) is 18.0 Å². The minimum atomic E-state index is -0.428. The molecule has 0 aliphatic carbocycles. The molecule has 0 amide bonds. The van der Waals surface area contributed by atoms with Crippen LogP contribution in [0.4, 0.5) is 11.4 Å². The molecule has 2 rings (SSSR count). The summed E-state index contributed by atoms with van der Waals surface area (Å²) in [6.45, 7) is 3.09. The monoisotopic (exact) mass is 315 g/mol. The first-order valence-electron chi connectivity index (χ1n) is 5.71. The number of aliphatic hydroxyl groups is 1. The van der Waals surface area contributed by atoms with Gasteiger partial charge in [-0.05, 0) is 29.3 Å². The van der Waals surface area contributed by atoms with Crippen LogP contribution in [-0.2, 0) is 0 Å². The van der Waals surface area contributed by atoms with Crippen molar-refractivity contribution in [2.24, 2.45) is 5.92 Å². The maximum absolute atomic E-state index is 11.0. The first-order chi connectivity index (χ1) is 8.50. The van der Waals surface area contributed by atoms with Crippen LogP contribution in [0.1, 0.15) is 13.3 Å². The van der Waals surface area contributed by atoms with Gasteiger partial charge in [0.25, 0.3) is 0 Å². The summed E-state index contributed by atoms with van der Waals surface area (Å²) in [6, 6.07) is 0. The molecule has 1 aliphatic rings. The summed E-state index contributed by atoms with van der Waals surface area (Å²) in [5, 5.41) is 20.6. The normalized spacial score (nSPS) is 21.1. The van der Waals surface area contributed by atoms with E-state index < -0.39 is 11.0 Å². The van der Waals surface area contributed by atoms with Crippen molar-refractivity contribution in [1.82, 2.24) is 4.98 Å². The largest absolute Gasteiger partial charge is 0.393 e. The zero-order valence-corrected chi connectivity index (χ0v) is 11.5. The molecule has 1 aromatic rings. The summed E-state index contributed by atoms with van der Waals surface area (Å²) < 4.78 is 0.614. The van der Waals surface area contributed by atoms with E-state index in [-0.39, 0.29) is 11.6 Å². The van der Waals surface area contributed by atoms with Gasteiger partial charge in [-0.15, -0.1) is 0 Å². The van der Waals surface area contributed by atoms with E-state index in [2.05, 4.69) is 20.9 Å². The van der Waals surface area contributed by atoms with E-state index in [1.165, 1.54) is 6.20 Å². The van der Waals surface area contributed by atoms with Gasteiger partial charge in [-0.3, -0.25) is 15.1 Å². The lowest BCUT2D eigenvalue weighted by atomic mass is 10.0. The van der Waals surface area contributed by atoms with Gasteiger partial charge in [0.2, 0.25) is 0 Å². The second kappa shape index (κ2) is 5.19. The van der Waals surface area contributed by atoms with Crippen molar-refractivity contribution in [3.8, 4) is 0 Å². The van der Waals surface area contributed by atoms with Crippen molar-refractivity contribution in [1.29, 1.82) is 0 Å². The maximum Gasteiger partial charge on any atom is 0.311 e. The predicted molar refractivity (Wildman–Crippen MR) is 70.6 cm³/mol. The molecule has 1 N–H and O–H groups in total. The zero-order chi connectivity index (χ0) is 13.3. The Bertz CT molecular complexity index is 467. The average molecular weight is 316 g/mol. The van der Waals surface area contributed by atoms with Crippen LogP contribution in [0.15, 0.2) is 16.9 Å². The highest BCUT2D eigenvalue weighted by atomic mass is 79.9. The molecule has 2 atom stereocenters. The molecule has 1 fully saturated rings. The number of nitrogens with zero attached hydrogens (tertiary/aromatic N) is 3. The molecule has 0 aromatic carbocycles. The Kier molecular flexibility index (Phi) is 3.82. The van der Waals surface area contributed by atoms with Crippen LogP contribution < -0.4 is 4.90 Å². The Hall–Kier alpha value is -1.21. The highest BCUT2D eigenvalue weighted by Gasteiger charge is 2.31. The van der Waals surface area contributed by atoms with Gasteiger partial charge in [0.1, 0.15) is 11.9 Å². The van der Waals surface area contributed by atoms with E-state index in [4.69, 9.17) is 0 Å². The summed E-state index contributed by atoms with van der Waals surface area (Å²) in [5.41, 5.74) is 0.550. The number of anilines is 1. The number of rotatable bonds is 3. The third kappa shape index (κ3) is 2.46. The topological polar surface area (TPSA) is 79.5 Å². The lowest BCUT2D eigenvalue weighted by Crippen LogP contribution is -2.24. The molecule has 1 saturated heterocycles. The molecule has 98 valence electrons. The summed E-state index contributed by atoms with van der Waals surface area (Å²) in [7, 11) is 0. The number of nitro groups is 1. The van der Waals surface area contributed by atoms with Crippen LogP contribution in [0.3, 0.4) is 0 Å². The van der Waals surface area contributed by atoms with E-state index in [0.717, 1.165) is 6.42 Å². The van der Waals surface area contributed by atoms with E-state index in [1.54, 1.807) is 13.1 Å². The Balaban J connectivity index is 2.32. The smallest absolute Gasteiger partial charge is 0.311 e. The molecule has 2 unspecified atom stereocenters. The van der Waals surface area contributed by atoms with E-state index in [1.807, 2.05) is 4.90 Å². The fourth-order valence-corrected chi connectivity index (χ4v) is 2.82. The van der Waals surface area contributed by atoms with Crippen LogP contribution >= 0.6 is 15.9 Å². The number of hydrogen-bond donors (Lipinski definition) is 1. The number of pyridine rings is 1. The molecule has 0 bridgehead atoms. The van der Waals surface area contributed by atoms with Crippen molar-refractivity contribution in [2.45, 2.75) is 19.4 Å². The number of aromatic nitrogens is 1. The highest BCUT2D eigenvalue weighted by Crippen LogP contribution is 2.37. The molecule has 1 aromatic heterocycles. The second-order valence-corrected chi connectivity index (χ2v) is 5.34. The van der Waals surface area contributed by atoms with Gasteiger partial charge in [0.05, 0.1) is 15.5 Å². The van der Waals surface area contributed by atoms with Crippen molar-refractivity contribution in [3.63, 3.8) is 0 Å². The van der Waals surface area contributed by atoms with Crippen molar-refractivity contribution >= 4 is 27.3 Å². The van der Waals surface area contributed by atoms with Crippen molar-refractivity contribution in [3.05, 3.63) is 27.0 Å². The van der Waals surface area contributed by atoms with Crippen LogP contribution in [-0.4, -0.2) is 34.2 Å². The molecular weight excluding hydrogens is 302 g/mol. The quantitative estimate of drug-likeness (QED) is 0.681. The fraction of sp³-hybridized carbons (Fsp3) is 0.545. The number of aliphatic hydroxyl groups excluding tert-OH is 1. The molecule has 18 heavy (non-hydrogen) atoms. The summed E-state index contributed by atoms with van der Waals surface area (Å²) in [5.74, 6) is 0.157. The van der Waals surface area contributed by atoms with Gasteiger partial charge in [-0.25, -0.2) is 0 Å². The van der Waals surface area contributed by atoms with Crippen LogP contribution in [0.25, 0.3) is 0 Å². The molecule has 7 heteroatoms. The van der Waals surface area contributed by atoms with Gasteiger partial charge in [-0.2, -0.15) is 0 Å². The number of hydrogen-bond acceptors (Lipinski definition) is 5. The Labute approximate surface area is 113 Å². The molecular formula is C11H14BrN3O3. The van der Waals surface area contributed by atoms with Gasteiger partial charge >= 0.3 is 5.69 Å².